The van der Waals surface area contributed by atoms with Crippen LogP contribution in [0.15, 0.2) is 48.5 Å². The van der Waals surface area contributed by atoms with Gasteiger partial charge in [-0.05, 0) is 37.1 Å². The number of hydrogen-bond donors (Lipinski definition) is 1. The van der Waals surface area contributed by atoms with Crippen LogP contribution in [0.1, 0.15) is 24.1 Å². The van der Waals surface area contributed by atoms with E-state index in [0.29, 0.717) is 30.4 Å². The van der Waals surface area contributed by atoms with E-state index in [9.17, 15) is 9.18 Å². The Morgan fingerprint density at radius 3 is 2.40 bits per heavy atom. The average Bonchev–Trinajstić information content (AvgIpc) is 2.65. The van der Waals surface area contributed by atoms with Crippen molar-refractivity contribution in [2.75, 3.05) is 31.5 Å². The normalized spacial score (nSPS) is 16.5. The average molecular weight is 341 g/mol. The first-order valence-corrected chi connectivity index (χ1v) is 8.65. The summed E-state index contributed by atoms with van der Waals surface area (Å²) >= 11 is 0. The highest BCUT2D eigenvalue weighted by atomic mass is 19.1. The Balaban J connectivity index is 1.54. The number of nitrogens with one attached hydrogen (secondary N) is 1. The van der Waals surface area contributed by atoms with Gasteiger partial charge in [0.15, 0.2) is 0 Å². The first kappa shape index (κ1) is 17.4. The highest BCUT2D eigenvalue weighted by Crippen LogP contribution is 2.21. The van der Waals surface area contributed by atoms with Gasteiger partial charge in [-0.2, -0.15) is 0 Å². The number of piperazine rings is 1. The van der Waals surface area contributed by atoms with Crippen LogP contribution < -0.4 is 5.32 Å². The zero-order valence-corrected chi connectivity index (χ0v) is 14.7. The quantitative estimate of drug-likeness (QED) is 0.914. The highest BCUT2D eigenvalue weighted by Gasteiger charge is 2.24. The summed E-state index contributed by atoms with van der Waals surface area (Å²) in [4.78, 5) is 16.5. The van der Waals surface area contributed by atoms with Crippen molar-refractivity contribution in [2.24, 2.45) is 0 Å². The molecule has 0 saturated carbocycles. The van der Waals surface area contributed by atoms with Crippen LogP contribution in [0, 0.1) is 12.7 Å². The number of amides is 2. The van der Waals surface area contributed by atoms with Crippen molar-refractivity contribution in [1.29, 1.82) is 0 Å². The van der Waals surface area contributed by atoms with E-state index >= 15 is 0 Å². The maximum atomic E-state index is 13.6. The Bertz CT molecular complexity index is 727. The Hall–Kier alpha value is -2.40. The fourth-order valence-corrected chi connectivity index (χ4v) is 3.13. The van der Waals surface area contributed by atoms with E-state index in [2.05, 4.69) is 41.4 Å². The summed E-state index contributed by atoms with van der Waals surface area (Å²) in [6, 6.07) is 15.3. The maximum Gasteiger partial charge on any atom is 0.321 e. The predicted molar refractivity (Wildman–Crippen MR) is 98.2 cm³/mol. The predicted octanol–water partition coefficient (Wildman–Crippen LogP) is 4.04. The number of benzene rings is 2. The molecule has 4 nitrogen and oxygen atoms in total. The molecule has 0 aliphatic carbocycles. The minimum Gasteiger partial charge on any atom is -0.322 e. The van der Waals surface area contributed by atoms with Crippen molar-refractivity contribution in [3.8, 4) is 0 Å². The lowest BCUT2D eigenvalue weighted by molar-refractivity contribution is 0.119. The molecule has 1 fully saturated rings. The van der Waals surface area contributed by atoms with Crippen LogP contribution >= 0.6 is 0 Å². The Labute approximate surface area is 148 Å². The molecule has 1 aliphatic heterocycles. The summed E-state index contributed by atoms with van der Waals surface area (Å²) in [6.45, 7) is 6.88. The van der Waals surface area contributed by atoms with Gasteiger partial charge < -0.3 is 10.2 Å². The third kappa shape index (κ3) is 4.17. The molecule has 3 rings (SSSR count). The van der Waals surface area contributed by atoms with Crippen LogP contribution in [0.4, 0.5) is 14.9 Å². The molecule has 1 saturated heterocycles. The fraction of sp³-hybridized carbons (Fsp3) is 0.350. The van der Waals surface area contributed by atoms with Crippen molar-refractivity contribution < 1.29 is 9.18 Å². The molecule has 2 aromatic carbocycles. The number of carbonyl (C=O) groups excluding carboxylic acids is 1. The van der Waals surface area contributed by atoms with E-state index in [4.69, 9.17) is 0 Å². The number of halogens is 1. The van der Waals surface area contributed by atoms with Crippen molar-refractivity contribution in [2.45, 2.75) is 19.9 Å². The maximum absolute atomic E-state index is 13.6. The number of urea groups is 1. The van der Waals surface area contributed by atoms with Gasteiger partial charge in [0.1, 0.15) is 5.82 Å². The number of nitrogens with zero attached hydrogens (tertiary/aromatic N) is 2. The molecule has 0 bridgehead atoms. The molecule has 1 atom stereocenters. The Morgan fingerprint density at radius 2 is 1.76 bits per heavy atom. The number of hydrogen-bond acceptors (Lipinski definition) is 2. The van der Waals surface area contributed by atoms with E-state index in [1.165, 1.54) is 11.6 Å². The third-order valence-corrected chi connectivity index (χ3v) is 4.85. The second-order valence-corrected chi connectivity index (χ2v) is 6.50. The molecule has 1 heterocycles. The number of aryl methyl sites for hydroxylation is 1. The van der Waals surface area contributed by atoms with Crippen LogP contribution in [0.2, 0.25) is 0 Å². The van der Waals surface area contributed by atoms with Crippen molar-refractivity contribution >= 4 is 11.7 Å². The van der Waals surface area contributed by atoms with Gasteiger partial charge in [0.2, 0.25) is 0 Å². The highest BCUT2D eigenvalue weighted by molar-refractivity contribution is 5.89. The fourth-order valence-electron chi connectivity index (χ4n) is 3.13. The molecule has 2 amide bonds. The van der Waals surface area contributed by atoms with Crippen LogP contribution in [0.5, 0.6) is 0 Å². The van der Waals surface area contributed by atoms with Gasteiger partial charge in [-0.25, -0.2) is 9.18 Å². The van der Waals surface area contributed by atoms with Gasteiger partial charge in [-0.1, -0.05) is 36.4 Å². The molecule has 2 aromatic rings. The summed E-state index contributed by atoms with van der Waals surface area (Å²) in [6.07, 6.45) is 0. The minimum atomic E-state index is -0.306. The number of carbonyl (C=O) groups is 1. The summed E-state index contributed by atoms with van der Waals surface area (Å²) in [5.41, 5.74) is 2.35. The standard InChI is InChI=1S/C20H24FN3O/c1-15-8-9-18(14-19(15)21)22-20(25)24-12-10-23(11-13-24)16(2)17-6-4-3-5-7-17/h3-9,14,16H,10-13H2,1-2H3,(H,22,25). The molecule has 0 radical (unpaired) electrons. The first-order chi connectivity index (χ1) is 12.0. The lowest BCUT2D eigenvalue weighted by atomic mass is 10.1. The summed E-state index contributed by atoms with van der Waals surface area (Å²) in [5.74, 6) is -0.306. The number of rotatable bonds is 3. The van der Waals surface area contributed by atoms with E-state index in [0.717, 1.165) is 13.1 Å². The lowest BCUT2D eigenvalue weighted by Gasteiger charge is -2.38. The van der Waals surface area contributed by atoms with E-state index in [1.807, 2.05) is 6.07 Å². The van der Waals surface area contributed by atoms with Gasteiger partial charge in [0.25, 0.3) is 0 Å². The Morgan fingerprint density at radius 1 is 1.08 bits per heavy atom. The van der Waals surface area contributed by atoms with Crippen molar-refractivity contribution in [1.82, 2.24) is 9.80 Å². The second kappa shape index (κ2) is 7.66. The summed E-state index contributed by atoms with van der Waals surface area (Å²) in [7, 11) is 0. The van der Waals surface area contributed by atoms with Crippen molar-refractivity contribution in [3.63, 3.8) is 0 Å². The molecule has 25 heavy (non-hydrogen) atoms. The smallest absolute Gasteiger partial charge is 0.321 e. The molecule has 1 unspecified atom stereocenters. The van der Waals surface area contributed by atoms with E-state index < -0.39 is 0 Å². The third-order valence-electron chi connectivity index (χ3n) is 4.85. The van der Waals surface area contributed by atoms with Crippen LogP contribution in [-0.4, -0.2) is 42.0 Å². The van der Waals surface area contributed by atoms with Gasteiger partial charge >= 0.3 is 6.03 Å². The molecule has 0 spiro atoms. The topological polar surface area (TPSA) is 35.6 Å². The monoisotopic (exact) mass is 341 g/mol. The SMILES string of the molecule is Cc1ccc(NC(=O)N2CCN(C(C)c3ccccc3)CC2)cc1F. The van der Waals surface area contributed by atoms with Crippen LogP contribution in [-0.2, 0) is 0 Å². The Kier molecular flexibility index (Phi) is 5.34. The zero-order chi connectivity index (χ0) is 17.8. The summed E-state index contributed by atoms with van der Waals surface area (Å²) in [5, 5.41) is 2.78. The van der Waals surface area contributed by atoms with Crippen molar-refractivity contribution in [3.05, 3.63) is 65.5 Å². The molecular weight excluding hydrogens is 317 g/mol. The van der Waals surface area contributed by atoms with Gasteiger partial charge in [0, 0.05) is 37.9 Å². The number of anilines is 1. The van der Waals surface area contributed by atoms with Crippen LogP contribution in [0.25, 0.3) is 0 Å². The lowest BCUT2D eigenvalue weighted by Crippen LogP contribution is -2.50. The van der Waals surface area contributed by atoms with E-state index in [1.54, 1.807) is 24.0 Å². The van der Waals surface area contributed by atoms with Crippen LogP contribution in [0.3, 0.4) is 0 Å². The second-order valence-electron chi connectivity index (χ2n) is 6.50. The van der Waals surface area contributed by atoms with Gasteiger partial charge in [-0.15, -0.1) is 0 Å². The largest absolute Gasteiger partial charge is 0.322 e. The molecular formula is C20H24FN3O. The molecule has 1 aliphatic rings. The molecule has 5 heteroatoms. The zero-order valence-electron chi connectivity index (χ0n) is 14.7. The van der Waals surface area contributed by atoms with E-state index in [-0.39, 0.29) is 11.8 Å². The molecule has 1 N–H and O–H groups in total. The van der Waals surface area contributed by atoms with Gasteiger partial charge in [0.05, 0.1) is 0 Å². The summed E-state index contributed by atoms with van der Waals surface area (Å²) < 4.78 is 13.6. The molecule has 132 valence electrons. The minimum absolute atomic E-state index is 0.171. The van der Waals surface area contributed by atoms with Gasteiger partial charge in [-0.3, -0.25) is 4.90 Å². The molecule has 0 aromatic heterocycles. The first-order valence-electron chi connectivity index (χ1n) is 8.65.